The van der Waals surface area contributed by atoms with E-state index in [0.717, 1.165) is 5.56 Å². The van der Waals surface area contributed by atoms with Gasteiger partial charge >= 0.3 is 5.97 Å². The van der Waals surface area contributed by atoms with Crippen molar-refractivity contribution in [2.24, 2.45) is 5.73 Å². The molecule has 0 saturated carbocycles. The van der Waals surface area contributed by atoms with Gasteiger partial charge in [0.1, 0.15) is 18.4 Å². The number of methoxy groups -OCH3 is 1. The zero-order chi connectivity index (χ0) is 13.5. The molecule has 0 aliphatic carbocycles. The molecule has 4 nitrogen and oxygen atoms in total. The third-order valence-corrected chi connectivity index (χ3v) is 2.26. The van der Waals surface area contributed by atoms with Crippen LogP contribution in [0.1, 0.15) is 5.56 Å². The van der Waals surface area contributed by atoms with Gasteiger partial charge in [0, 0.05) is 0 Å². The Hall–Kier alpha value is -1.69. The summed E-state index contributed by atoms with van der Waals surface area (Å²) in [5.74, 6) is -0.140. The molecule has 1 unspecified atom stereocenters. The highest BCUT2D eigenvalue weighted by molar-refractivity contribution is 5.75. The molecule has 0 aromatic heterocycles. The van der Waals surface area contributed by atoms with Gasteiger partial charge in [0.2, 0.25) is 0 Å². The summed E-state index contributed by atoms with van der Waals surface area (Å²) >= 11 is 0. The Morgan fingerprint density at radius 3 is 2.44 bits per heavy atom. The number of ether oxygens (including phenoxy) is 2. The fourth-order valence-electron chi connectivity index (χ4n) is 1.37. The Morgan fingerprint density at radius 2 is 1.94 bits per heavy atom. The molecule has 6 heteroatoms. The smallest absolute Gasteiger partial charge is 0.322 e. The molecule has 100 valence electrons. The summed E-state index contributed by atoms with van der Waals surface area (Å²) < 4.78 is 33.1. The molecule has 0 bridgehead atoms. The molecule has 2 N–H and O–H groups in total. The molecule has 0 saturated heterocycles. The summed E-state index contributed by atoms with van der Waals surface area (Å²) in [7, 11) is 1.27. The Labute approximate surface area is 104 Å². The van der Waals surface area contributed by atoms with Crippen LogP contribution >= 0.6 is 0 Å². The third-order valence-electron chi connectivity index (χ3n) is 2.26. The van der Waals surface area contributed by atoms with Gasteiger partial charge in [-0.2, -0.15) is 0 Å². The van der Waals surface area contributed by atoms with Crippen molar-refractivity contribution in [2.45, 2.75) is 18.9 Å². The number of carbonyl (C=O) groups excluding carboxylic acids is 1. The maximum absolute atomic E-state index is 11.9. The summed E-state index contributed by atoms with van der Waals surface area (Å²) in [5, 5.41) is 0. The number of esters is 1. The van der Waals surface area contributed by atoms with Crippen molar-refractivity contribution in [1.82, 2.24) is 0 Å². The molecule has 0 fully saturated rings. The lowest BCUT2D eigenvalue weighted by molar-refractivity contribution is -0.142. The van der Waals surface area contributed by atoms with Gasteiger partial charge in [0.05, 0.1) is 7.11 Å². The maximum atomic E-state index is 11.9. The van der Waals surface area contributed by atoms with E-state index in [-0.39, 0.29) is 0 Å². The highest BCUT2D eigenvalue weighted by Gasteiger charge is 2.14. The van der Waals surface area contributed by atoms with Gasteiger partial charge < -0.3 is 15.2 Å². The van der Waals surface area contributed by atoms with E-state index in [0.29, 0.717) is 12.2 Å². The van der Waals surface area contributed by atoms with E-state index < -0.39 is 25.0 Å². The molecule has 0 radical (unpaired) electrons. The first-order valence-corrected chi connectivity index (χ1v) is 5.36. The predicted octanol–water partition coefficient (Wildman–Crippen LogP) is 1.37. The number of halogens is 2. The molecule has 18 heavy (non-hydrogen) atoms. The average molecular weight is 259 g/mol. The summed E-state index contributed by atoms with van der Waals surface area (Å²) in [6.45, 7) is -0.638. The van der Waals surface area contributed by atoms with E-state index in [1.165, 1.54) is 7.11 Å². The molecule has 0 aliphatic rings. The molecular formula is C12H15F2NO3. The van der Waals surface area contributed by atoms with Gasteiger partial charge in [0.25, 0.3) is 6.43 Å². The minimum absolute atomic E-state index is 0.321. The second kappa shape index (κ2) is 6.90. The van der Waals surface area contributed by atoms with Crippen molar-refractivity contribution in [3.05, 3.63) is 29.8 Å². The number of carbonyl (C=O) groups is 1. The third kappa shape index (κ3) is 4.67. The number of benzene rings is 1. The van der Waals surface area contributed by atoms with Crippen LogP contribution in [-0.4, -0.2) is 32.2 Å². The van der Waals surface area contributed by atoms with Gasteiger partial charge in [-0.3, -0.25) is 4.79 Å². The summed E-state index contributed by atoms with van der Waals surface area (Å²) in [4.78, 5) is 11.1. The standard InChI is InChI=1S/C12H15F2NO3/c1-17-12(16)10(15)6-8-2-4-9(5-3-8)18-7-11(13)14/h2-5,10-11H,6-7,15H2,1H3. The first-order valence-electron chi connectivity index (χ1n) is 5.36. The van der Waals surface area contributed by atoms with Crippen LogP contribution in [0, 0.1) is 0 Å². The second-order valence-corrected chi connectivity index (χ2v) is 3.68. The quantitative estimate of drug-likeness (QED) is 0.784. The van der Waals surface area contributed by atoms with E-state index in [4.69, 9.17) is 10.5 Å². The lowest BCUT2D eigenvalue weighted by Gasteiger charge is -2.10. The number of nitrogens with two attached hydrogens (primary N) is 1. The Bertz CT molecular complexity index is 381. The van der Waals surface area contributed by atoms with Crippen LogP contribution in [0.25, 0.3) is 0 Å². The van der Waals surface area contributed by atoms with E-state index in [1.54, 1.807) is 24.3 Å². The molecular weight excluding hydrogens is 244 g/mol. The summed E-state index contributed by atoms with van der Waals surface area (Å²) in [6.07, 6.45) is -2.18. The van der Waals surface area contributed by atoms with E-state index in [2.05, 4.69) is 4.74 Å². The van der Waals surface area contributed by atoms with Gasteiger partial charge in [-0.25, -0.2) is 8.78 Å². The lowest BCUT2D eigenvalue weighted by Crippen LogP contribution is -2.33. The van der Waals surface area contributed by atoms with Crippen LogP contribution in [-0.2, 0) is 16.0 Å². The maximum Gasteiger partial charge on any atom is 0.322 e. The zero-order valence-corrected chi connectivity index (χ0v) is 9.94. The van der Waals surface area contributed by atoms with Crippen LogP contribution in [0.5, 0.6) is 5.75 Å². The largest absolute Gasteiger partial charge is 0.488 e. The predicted molar refractivity (Wildman–Crippen MR) is 61.6 cm³/mol. The Kier molecular flexibility index (Phi) is 5.51. The first kappa shape index (κ1) is 14.4. The second-order valence-electron chi connectivity index (χ2n) is 3.68. The average Bonchev–Trinajstić information content (AvgIpc) is 2.36. The molecule has 0 amide bonds. The van der Waals surface area contributed by atoms with E-state index in [9.17, 15) is 13.6 Å². The van der Waals surface area contributed by atoms with Crippen LogP contribution < -0.4 is 10.5 Å². The Balaban J connectivity index is 2.52. The van der Waals surface area contributed by atoms with Crippen LogP contribution in [0.3, 0.4) is 0 Å². The molecule has 0 heterocycles. The lowest BCUT2D eigenvalue weighted by atomic mass is 10.1. The summed E-state index contributed by atoms with van der Waals surface area (Å²) in [5.41, 5.74) is 6.39. The zero-order valence-electron chi connectivity index (χ0n) is 9.94. The van der Waals surface area contributed by atoms with Crippen molar-refractivity contribution < 1.29 is 23.0 Å². The van der Waals surface area contributed by atoms with Crippen LogP contribution in [0.2, 0.25) is 0 Å². The first-order chi connectivity index (χ1) is 8.52. The van der Waals surface area contributed by atoms with Gasteiger partial charge in [-0.05, 0) is 24.1 Å². The van der Waals surface area contributed by atoms with E-state index >= 15 is 0 Å². The summed E-state index contributed by atoms with van der Waals surface area (Å²) in [6, 6.07) is 5.72. The monoisotopic (exact) mass is 259 g/mol. The van der Waals surface area contributed by atoms with E-state index in [1.807, 2.05) is 0 Å². The van der Waals surface area contributed by atoms with Crippen LogP contribution in [0.15, 0.2) is 24.3 Å². The van der Waals surface area contributed by atoms with Crippen molar-refractivity contribution in [1.29, 1.82) is 0 Å². The number of rotatable bonds is 6. The Morgan fingerprint density at radius 1 is 1.33 bits per heavy atom. The van der Waals surface area contributed by atoms with Crippen molar-refractivity contribution in [2.75, 3.05) is 13.7 Å². The highest BCUT2D eigenvalue weighted by Crippen LogP contribution is 2.14. The SMILES string of the molecule is COC(=O)C(N)Cc1ccc(OCC(F)F)cc1. The molecule has 0 aliphatic heterocycles. The fourth-order valence-corrected chi connectivity index (χ4v) is 1.37. The number of hydrogen-bond acceptors (Lipinski definition) is 4. The minimum atomic E-state index is -2.50. The van der Waals surface area contributed by atoms with Crippen molar-refractivity contribution in [3.63, 3.8) is 0 Å². The van der Waals surface area contributed by atoms with Gasteiger partial charge in [-0.15, -0.1) is 0 Å². The molecule has 1 aromatic rings. The van der Waals surface area contributed by atoms with Crippen molar-refractivity contribution in [3.8, 4) is 5.75 Å². The highest BCUT2D eigenvalue weighted by atomic mass is 19.3. The number of hydrogen-bond donors (Lipinski definition) is 1. The van der Waals surface area contributed by atoms with Gasteiger partial charge in [0.15, 0.2) is 0 Å². The van der Waals surface area contributed by atoms with Crippen molar-refractivity contribution >= 4 is 5.97 Å². The normalized spacial score (nSPS) is 12.3. The van der Waals surface area contributed by atoms with Crippen LogP contribution in [0.4, 0.5) is 8.78 Å². The molecule has 0 spiro atoms. The molecule has 1 atom stereocenters. The topological polar surface area (TPSA) is 61.5 Å². The number of alkyl halides is 2. The molecule has 1 rings (SSSR count). The molecule has 1 aromatic carbocycles. The minimum Gasteiger partial charge on any atom is -0.488 e. The fraction of sp³-hybridized carbons (Fsp3) is 0.417. The van der Waals surface area contributed by atoms with Gasteiger partial charge in [-0.1, -0.05) is 12.1 Å².